The van der Waals surface area contributed by atoms with Gasteiger partial charge in [-0.1, -0.05) is 23.2 Å². The zero-order valence-corrected chi connectivity index (χ0v) is 10.2. The van der Waals surface area contributed by atoms with Crippen molar-refractivity contribution in [2.45, 2.75) is 12.5 Å². The van der Waals surface area contributed by atoms with Crippen LogP contribution in [0.3, 0.4) is 0 Å². The summed E-state index contributed by atoms with van der Waals surface area (Å²) in [7, 11) is 0. The van der Waals surface area contributed by atoms with Gasteiger partial charge in [0.2, 0.25) is 0 Å². The van der Waals surface area contributed by atoms with E-state index in [1.807, 2.05) is 11.8 Å². The number of nitrogens with one attached hydrogen (secondary N) is 1. The minimum Gasteiger partial charge on any atom is -0.381 e. The van der Waals surface area contributed by atoms with Crippen LogP contribution in [0, 0.1) is 5.82 Å². The van der Waals surface area contributed by atoms with Gasteiger partial charge in [-0.2, -0.15) is 11.8 Å². The first kappa shape index (κ1) is 11.4. The zero-order chi connectivity index (χ0) is 10.8. The van der Waals surface area contributed by atoms with Crippen LogP contribution >= 0.6 is 35.0 Å². The van der Waals surface area contributed by atoms with Gasteiger partial charge in [0.05, 0.1) is 10.0 Å². The fraction of sp³-hybridized carbons (Fsp3) is 0.400. The van der Waals surface area contributed by atoms with Crippen molar-refractivity contribution in [3.63, 3.8) is 0 Å². The highest BCUT2D eigenvalue weighted by Gasteiger charge is 2.16. The van der Waals surface area contributed by atoms with Crippen LogP contribution in [0.2, 0.25) is 10.0 Å². The van der Waals surface area contributed by atoms with E-state index in [1.54, 1.807) is 12.1 Å². The molecule has 1 aliphatic heterocycles. The SMILES string of the molecule is Fc1c(Cl)cc(NC2CCSC2)cc1Cl. The van der Waals surface area contributed by atoms with Gasteiger partial charge in [0.1, 0.15) is 0 Å². The first-order valence-corrected chi connectivity index (χ1v) is 6.56. The van der Waals surface area contributed by atoms with Crippen LogP contribution < -0.4 is 5.32 Å². The van der Waals surface area contributed by atoms with E-state index in [9.17, 15) is 4.39 Å². The highest BCUT2D eigenvalue weighted by molar-refractivity contribution is 7.99. The van der Waals surface area contributed by atoms with Crippen LogP contribution in [0.25, 0.3) is 0 Å². The molecule has 0 radical (unpaired) electrons. The number of halogens is 3. The molecule has 1 N–H and O–H groups in total. The van der Waals surface area contributed by atoms with Gasteiger partial charge in [-0.15, -0.1) is 0 Å². The van der Waals surface area contributed by atoms with Gasteiger partial charge in [-0.3, -0.25) is 0 Å². The Morgan fingerprint density at radius 2 is 2.00 bits per heavy atom. The van der Waals surface area contributed by atoms with Crippen LogP contribution in [-0.2, 0) is 0 Å². The predicted molar refractivity (Wildman–Crippen MR) is 65.8 cm³/mol. The highest BCUT2D eigenvalue weighted by atomic mass is 35.5. The van der Waals surface area contributed by atoms with Crippen LogP contribution in [0.1, 0.15) is 6.42 Å². The normalized spacial score (nSPS) is 20.6. The average molecular weight is 266 g/mol. The third-order valence-electron chi connectivity index (χ3n) is 2.28. The molecule has 1 aromatic carbocycles. The monoisotopic (exact) mass is 265 g/mol. The Bertz CT molecular complexity index is 343. The quantitative estimate of drug-likeness (QED) is 0.810. The Labute approximate surface area is 102 Å². The van der Waals surface area contributed by atoms with Crippen LogP contribution in [0.5, 0.6) is 0 Å². The molecule has 0 aliphatic carbocycles. The lowest BCUT2D eigenvalue weighted by atomic mass is 10.2. The number of thioether (sulfide) groups is 1. The molecule has 0 aromatic heterocycles. The maximum absolute atomic E-state index is 13.1. The molecule has 1 unspecified atom stereocenters. The van der Waals surface area contributed by atoms with Crippen molar-refractivity contribution < 1.29 is 4.39 Å². The molecule has 1 fully saturated rings. The smallest absolute Gasteiger partial charge is 0.160 e. The lowest BCUT2D eigenvalue weighted by Gasteiger charge is -2.13. The fourth-order valence-electron chi connectivity index (χ4n) is 1.52. The van der Waals surface area contributed by atoms with E-state index in [0.29, 0.717) is 6.04 Å². The lowest BCUT2D eigenvalue weighted by molar-refractivity contribution is 0.628. The van der Waals surface area contributed by atoms with Crippen LogP contribution in [0.4, 0.5) is 10.1 Å². The predicted octanol–water partition coefficient (Wildman–Crippen LogP) is 4.05. The molecule has 0 bridgehead atoms. The summed E-state index contributed by atoms with van der Waals surface area (Å²) in [6.45, 7) is 0. The topological polar surface area (TPSA) is 12.0 Å². The zero-order valence-electron chi connectivity index (χ0n) is 7.90. The molecule has 2 rings (SSSR count). The summed E-state index contributed by atoms with van der Waals surface area (Å²) in [5.74, 6) is 1.69. The number of benzene rings is 1. The summed E-state index contributed by atoms with van der Waals surface area (Å²) in [5.41, 5.74) is 0.791. The second-order valence-corrected chi connectivity index (χ2v) is 5.42. The van der Waals surface area contributed by atoms with E-state index in [2.05, 4.69) is 5.32 Å². The number of rotatable bonds is 2. The summed E-state index contributed by atoms with van der Waals surface area (Å²) in [6.07, 6.45) is 1.12. The molecule has 0 saturated carbocycles. The molecule has 1 saturated heterocycles. The molecule has 1 aromatic rings. The molecular weight excluding hydrogens is 256 g/mol. The maximum atomic E-state index is 13.1. The summed E-state index contributed by atoms with van der Waals surface area (Å²) in [5, 5.41) is 3.42. The first-order valence-electron chi connectivity index (χ1n) is 4.65. The Hall–Kier alpha value is -0.120. The van der Waals surface area contributed by atoms with Gasteiger partial charge in [0.25, 0.3) is 0 Å². The van der Waals surface area contributed by atoms with Crippen molar-refractivity contribution in [3.05, 3.63) is 28.0 Å². The Balaban J connectivity index is 2.14. The molecule has 5 heteroatoms. The molecule has 0 spiro atoms. The van der Waals surface area contributed by atoms with Crippen LogP contribution in [-0.4, -0.2) is 17.5 Å². The molecule has 82 valence electrons. The van der Waals surface area contributed by atoms with Crippen molar-refractivity contribution in [2.75, 3.05) is 16.8 Å². The summed E-state index contributed by atoms with van der Waals surface area (Å²) in [4.78, 5) is 0. The van der Waals surface area contributed by atoms with Gasteiger partial charge >= 0.3 is 0 Å². The Morgan fingerprint density at radius 3 is 2.53 bits per heavy atom. The van der Waals surface area contributed by atoms with E-state index in [1.165, 1.54) is 5.75 Å². The van der Waals surface area contributed by atoms with Crippen molar-refractivity contribution in [2.24, 2.45) is 0 Å². The van der Waals surface area contributed by atoms with E-state index < -0.39 is 5.82 Å². The lowest BCUT2D eigenvalue weighted by Crippen LogP contribution is -2.18. The second kappa shape index (κ2) is 4.81. The van der Waals surface area contributed by atoms with Gasteiger partial charge in [-0.25, -0.2) is 4.39 Å². The summed E-state index contributed by atoms with van der Waals surface area (Å²) >= 11 is 13.3. The highest BCUT2D eigenvalue weighted by Crippen LogP contribution is 2.29. The molecule has 15 heavy (non-hydrogen) atoms. The minimum atomic E-state index is -0.551. The summed E-state index contributed by atoms with van der Waals surface area (Å²) in [6, 6.07) is 3.59. The Kier molecular flexibility index (Phi) is 3.65. The van der Waals surface area contributed by atoms with Crippen LogP contribution in [0.15, 0.2) is 12.1 Å². The number of hydrogen-bond donors (Lipinski definition) is 1. The third kappa shape index (κ3) is 2.71. The molecule has 0 amide bonds. The van der Waals surface area contributed by atoms with Crippen molar-refractivity contribution in [1.82, 2.24) is 0 Å². The van der Waals surface area contributed by atoms with E-state index in [-0.39, 0.29) is 10.0 Å². The standard InChI is InChI=1S/C10H10Cl2FNS/c11-8-3-7(4-9(12)10(8)13)14-6-1-2-15-5-6/h3-4,6,14H,1-2,5H2. The van der Waals surface area contributed by atoms with Crippen molar-refractivity contribution in [3.8, 4) is 0 Å². The van der Waals surface area contributed by atoms with Crippen molar-refractivity contribution in [1.29, 1.82) is 0 Å². The molecule has 1 nitrogen and oxygen atoms in total. The van der Waals surface area contributed by atoms with Crippen molar-refractivity contribution >= 4 is 40.7 Å². The Morgan fingerprint density at radius 1 is 1.33 bits per heavy atom. The first-order chi connectivity index (χ1) is 7.16. The molecule has 1 heterocycles. The molecule has 1 atom stereocenters. The number of hydrogen-bond acceptors (Lipinski definition) is 2. The van der Waals surface area contributed by atoms with E-state index >= 15 is 0 Å². The maximum Gasteiger partial charge on any atom is 0.160 e. The third-order valence-corrected chi connectivity index (χ3v) is 4.00. The second-order valence-electron chi connectivity index (χ2n) is 3.46. The molecule has 1 aliphatic rings. The number of anilines is 1. The minimum absolute atomic E-state index is 0.0654. The van der Waals surface area contributed by atoms with E-state index in [0.717, 1.165) is 17.9 Å². The molecular formula is C10H10Cl2FNS. The fourth-order valence-corrected chi connectivity index (χ4v) is 3.16. The average Bonchev–Trinajstić information content (AvgIpc) is 2.66. The van der Waals surface area contributed by atoms with Gasteiger partial charge in [0, 0.05) is 17.5 Å². The largest absolute Gasteiger partial charge is 0.381 e. The van der Waals surface area contributed by atoms with E-state index in [4.69, 9.17) is 23.2 Å². The van der Waals surface area contributed by atoms with Gasteiger partial charge in [-0.05, 0) is 24.3 Å². The summed E-state index contributed by atoms with van der Waals surface area (Å²) < 4.78 is 13.1. The van der Waals surface area contributed by atoms with Gasteiger partial charge in [0.15, 0.2) is 5.82 Å². The van der Waals surface area contributed by atoms with Gasteiger partial charge < -0.3 is 5.32 Å².